The van der Waals surface area contributed by atoms with E-state index in [1.54, 1.807) is 6.07 Å². The molecule has 0 atom stereocenters. The summed E-state index contributed by atoms with van der Waals surface area (Å²) in [4.78, 5) is 25.6. The van der Waals surface area contributed by atoms with Crippen molar-refractivity contribution in [3.63, 3.8) is 0 Å². The molecule has 9 heteroatoms. The van der Waals surface area contributed by atoms with E-state index in [9.17, 15) is 4.79 Å². The molecule has 0 saturated heterocycles. The van der Waals surface area contributed by atoms with Crippen molar-refractivity contribution in [1.82, 2.24) is 9.97 Å². The number of fused-ring (bicyclic) bond motifs is 1. The van der Waals surface area contributed by atoms with Crippen LogP contribution in [0.4, 0.5) is 5.69 Å². The number of carbonyl (C=O) groups is 1. The number of nitrogens with zero attached hydrogens (tertiary/aromatic N) is 3. The van der Waals surface area contributed by atoms with E-state index < -0.39 is 5.91 Å². The maximum atomic E-state index is 12.5. The predicted octanol–water partition coefficient (Wildman–Crippen LogP) is 3.11. The molecule has 2 aromatic heterocycles. The number of carbonyl (C=O) groups excluding carboxylic acids is 1. The van der Waals surface area contributed by atoms with Crippen LogP contribution in [0.1, 0.15) is 10.5 Å². The van der Waals surface area contributed by atoms with Gasteiger partial charge in [0.05, 0.1) is 20.4 Å². The van der Waals surface area contributed by atoms with Crippen LogP contribution >= 0.6 is 23.2 Å². The number of amides is 1. The average Bonchev–Trinajstić information content (AvgIpc) is 3.30. The Kier molecular flexibility index (Phi) is 3.78. The van der Waals surface area contributed by atoms with Crippen molar-refractivity contribution in [3.8, 4) is 17.4 Å². The number of hydroxylamine groups is 1. The van der Waals surface area contributed by atoms with Gasteiger partial charge in [-0.15, -0.1) is 0 Å². The van der Waals surface area contributed by atoms with E-state index in [2.05, 4.69) is 9.97 Å². The van der Waals surface area contributed by atoms with E-state index in [0.717, 1.165) is 5.06 Å². The van der Waals surface area contributed by atoms with Crippen LogP contribution in [0.15, 0.2) is 18.3 Å². The van der Waals surface area contributed by atoms with Gasteiger partial charge >= 0.3 is 5.91 Å². The molecule has 0 N–H and O–H groups in total. The minimum absolute atomic E-state index is 0.0189. The van der Waals surface area contributed by atoms with E-state index in [1.165, 1.54) is 26.5 Å². The second-order valence-electron chi connectivity index (χ2n) is 4.17. The first kappa shape index (κ1) is 14.8. The zero-order valence-corrected chi connectivity index (χ0v) is 13.0. The molecule has 3 rings (SSSR count). The molecule has 0 unspecified atom stereocenters. The van der Waals surface area contributed by atoms with Crippen molar-refractivity contribution in [2.75, 3.05) is 19.3 Å². The summed E-state index contributed by atoms with van der Waals surface area (Å²) >= 11 is 12.0. The maximum absolute atomic E-state index is 12.5. The second kappa shape index (κ2) is 5.60. The SMILES string of the molecule is COc1ccc(C(=O)N(OC)c2c(Cl)c(Cl)nc3c2O3)nc1. The molecule has 0 aliphatic carbocycles. The Bertz CT molecular complexity index is 752. The highest BCUT2D eigenvalue weighted by molar-refractivity contribution is 6.44. The van der Waals surface area contributed by atoms with Crippen molar-refractivity contribution in [2.45, 2.75) is 0 Å². The van der Waals surface area contributed by atoms with E-state index in [-0.39, 0.29) is 21.6 Å². The van der Waals surface area contributed by atoms with Crippen LogP contribution in [-0.2, 0) is 4.84 Å². The molecule has 1 aliphatic rings. The summed E-state index contributed by atoms with van der Waals surface area (Å²) in [5.41, 5.74) is 0.336. The highest BCUT2D eigenvalue weighted by Crippen LogP contribution is 2.55. The molecule has 22 heavy (non-hydrogen) atoms. The van der Waals surface area contributed by atoms with Gasteiger partial charge in [-0.05, 0) is 12.1 Å². The van der Waals surface area contributed by atoms with Gasteiger partial charge in [0.25, 0.3) is 5.88 Å². The minimum Gasteiger partial charge on any atom is -0.495 e. The van der Waals surface area contributed by atoms with Crippen molar-refractivity contribution in [3.05, 3.63) is 34.2 Å². The van der Waals surface area contributed by atoms with Gasteiger partial charge in [0.15, 0.2) is 5.15 Å². The molecule has 0 bridgehead atoms. The first-order valence-corrected chi connectivity index (χ1v) is 6.78. The molecule has 0 saturated carbocycles. The zero-order chi connectivity index (χ0) is 15.9. The Balaban J connectivity index is 1.98. The highest BCUT2D eigenvalue weighted by atomic mass is 35.5. The number of hydrogen-bond donors (Lipinski definition) is 0. The van der Waals surface area contributed by atoms with Crippen molar-refractivity contribution < 1.29 is 19.1 Å². The summed E-state index contributed by atoms with van der Waals surface area (Å²) < 4.78 is 10.1. The summed E-state index contributed by atoms with van der Waals surface area (Å²) in [7, 11) is 2.83. The van der Waals surface area contributed by atoms with Crippen LogP contribution in [0, 0.1) is 0 Å². The number of rotatable bonds is 4. The van der Waals surface area contributed by atoms with Gasteiger partial charge < -0.3 is 9.47 Å². The van der Waals surface area contributed by atoms with Gasteiger partial charge in [0, 0.05) is 0 Å². The van der Waals surface area contributed by atoms with E-state index in [0.29, 0.717) is 17.4 Å². The van der Waals surface area contributed by atoms with E-state index in [4.69, 9.17) is 37.5 Å². The number of methoxy groups -OCH3 is 1. The van der Waals surface area contributed by atoms with Gasteiger partial charge in [0.1, 0.15) is 22.2 Å². The Labute approximate surface area is 135 Å². The summed E-state index contributed by atoms with van der Waals surface area (Å²) in [6.07, 6.45) is 1.42. The van der Waals surface area contributed by atoms with Gasteiger partial charge in [0.2, 0.25) is 5.75 Å². The quantitative estimate of drug-likeness (QED) is 0.412. The lowest BCUT2D eigenvalue weighted by molar-refractivity contribution is 0.0767. The molecular weight excluding hydrogens is 333 g/mol. The Morgan fingerprint density at radius 2 is 2.09 bits per heavy atom. The molecule has 3 heterocycles. The van der Waals surface area contributed by atoms with Crippen molar-refractivity contribution in [1.29, 1.82) is 0 Å². The standard InChI is InChI=1S/C13H9Cl2N3O4/c1-20-6-3-4-7(16-5-6)13(19)18(21-2)9-8(14)11(15)17-12-10(9)22-12/h3-5H,1-2H3. The van der Waals surface area contributed by atoms with Crippen molar-refractivity contribution >= 4 is 34.8 Å². The topological polar surface area (TPSA) is 77.1 Å². The molecule has 0 spiro atoms. The van der Waals surface area contributed by atoms with Crippen LogP contribution in [0.2, 0.25) is 10.2 Å². The fourth-order valence-electron chi connectivity index (χ4n) is 1.82. The van der Waals surface area contributed by atoms with Crippen LogP contribution in [0.3, 0.4) is 0 Å². The van der Waals surface area contributed by atoms with Gasteiger partial charge in [-0.1, -0.05) is 23.2 Å². The fraction of sp³-hybridized carbons (Fsp3) is 0.154. The molecule has 1 aliphatic heterocycles. The second-order valence-corrected chi connectivity index (χ2v) is 4.90. The summed E-state index contributed by atoms with van der Waals surface area (Å²) in [6.45, 7) is 0. The molecule has 0 radical (unpaired) electrons. The average molecular weight is 342 g/mol. The first-order valence-electron chi connectivity index (χ1n) is 6.02. The zero-order valence-electron chi connectivity index (χ0n) is 11.5. The largest absolute Gasteiger partial charge is 0.495 e. The molecule has 2 aromatic rings. The number of ether oxygens (including phenoxy) is 2. The maximum Gasteiger partial charge on any atom is 0.300 e. The third-order valence-electron chi connectivity index (χ3n) is 2.92. The summed E-state index contributed by atoms with van der Waals surface area (Å²) in [5, 5.41) is 1.03. The summed E-state index contributed by atoms with van der Waals surface area (Å²) in [5.74, 6) is 0.646. The molecule has 114 valence electrons. The normalized spacial score (nSPS) is 11.5. The third kappa shape index (κ3) is 2.43. The smallest absolute Gasteiger partial charge is 0.300 e. The van der Waals surface area contributed by atoms with Crippen molar-refractivity contribution in [2.24, 2.45) is 0 Å². The van der Waals surface area contributed by atoms with Gasteiger partial charge in [-0.25, -0.2) is 4.98 Å². The Morgan fingerprint density at radius 3 is 2.68 bits per heavy atom. The van der Waals surface area contributed by atoms with Crippen LogP contribution in [-0.4, -0.2) is 30.1 Å². The minimum atomic E-state index is -0.535. The number of anilines is 1. The molecule has 0 aromatic carbocycles. The fourth-order valence-corrected chi connectivity index (χ4v) is 2.19. The van der Waals surface area contributed by atoms with Gasteiger partial charge in [-0.3, -0.25) is 9.63 Å². The molecule has 0 fully saturated rings. The third-order valence-corrected chi connectivity index (χ3v) is 3.64. The van der Waals surface area contributed by atoms with E-state index in [1.807, 2.05) is 0 Å². The Hall–Kier alpha value is -2.09. The number of pyridine rings is 2. The van der Waals surface area contributed by atoms with Crippen LogP contribution in [0.25, 0.3) is 0 Å². The van der Waals surface area contributed by atoms with Crippen LogP contribution in [0.5, 0.6) is 17.4 Å². The number of halogens is 2. The summed E-state index contributed by atoms with van der Waals surface area (Å²) in [6, 6.07) is 3.11. The lowest BCUT2D eigenvalue weighted by Crippen LogP contribution is -2.30. The van der Waals surface area contributed by atoms with Gasteiger partial charge in [-0.2, -0.15) is 10.0 Å². The Morgan fingerprint density at radius 1 is 1.32 bits per heavy atom. The monoisotopic (exact) mass is 341 g/mol. The van der Waals surface area contributed by atoms with E-state index >= 15 is 0 Å². The number of hydrogen-bond acceptors (Lipinski definition) is 6. The molecule has 1 amide bonds. The lowest BCUT2D eigenvalue weighted by Gasteiger charge is -2.19. The van der Waals surface area contributed by atoms with Crippen LogP contribution < -0.4 is 14.5 Å². The first-order chi connectivity index (χ1) is 10.6. The number of aromatic nitrogens is 2. The predicted molar refractivity (Wildman–Crippen MR) is 78.9 cm³/mol. The molecule has 7 nitrogen and oxygen atoms in total. The highest BCUT2D eigenvalue weighted by Gasteiger charge is 2.37. The lowest BCUT2D eigenvalue weighted by atomic mass is 10.3. The molecular formula is C13H9Cl2N3O4.